The van der Waals surface area contributed by atoms with Crippen LogP contribution in [0.2, 0.25) is 0 Å². The summed E-state index contributed by atoms with van der Waals surface area (Å²) in [6.45, 7) is -0.269. The SMILES string of the molecule is O=C(O)COCC(=O)N(CCNC(=O)CCCCCCC(=O)CCSSc1ccccn1)CCNC(=O)CCCCCCC(=O)CCSSc1ccccn1. The van der Waals surface area contributed by atoms with Crippen molar-refractivity contribution in [3.63, 3.8) is 0 Å². The van der Waals surface area contributed by atoms with Gasteiger partial charge < -0.3 is 25.4 Å². The van der Waals surface area contributed by atoms with Gasteiger partial charge in [0.25, 0.3) is 0 Å². The second kappa shape index (κ2) is 32.0. The predicted molar refractivity (Wildman–Crippen MR) is 221 cm³/mol. The zero-order valence-electron chi connectivity index (χ0n) is 31.5. The number of unbranched alkanes of at least 4 members (excludes halogenated alkanes) is 6. The summed E-state index contributed by atoms with van der Waals surface area (Å²) in [5.74, 6) is 0.0736. The van der Waals surface area contributed by atoms with E-state index in [9.17, 15) is 28.8 Å². The van der Waals surface area contributed by atoms with Crippen molar-refractivity contribution in [1.82, 2.24) is 25.5 Å². The molecule has 0 aromatic carbocycles. The molecule has 2 heterocycles. The molecule has 0 unspecified atom stereocenters. The van der Waals surface area contributed by atoms with Crippen molar-refractivity contribution in [1.29, 1.82) is 0 Å². The summed E-state index contributed by atoms with van der Waals surface area (Å²) >= 11 is 0. The first kappa shape index (κ1) is 48.0. The number of ether oxygens (including phenoxy) is 1. The molecule has 0 bridgehead atoms. The van der Waals surface area contributed by atoms with Crippen LogP contribution in [0.25, 0.3) is 0 Å². The average Bonchev–Trinajstić information content (AvgIpc) is 3.17. The van der Waals surface area contributed by atoms with Crippen LogP contribution >= 0.6 is 43.2 Å². The molecule has 0 radical (unpaired) electrons. The van der Waals surface area contributed by atoms with Gasteiger partial charge in [0.15, 0.2) is 0 Å². The number of rotatable bonds is 34. The molecule has 304 valence electrons. The summed E-state index contributed by atoms with van der Waals surface area (Å²) in [7, 11) is 6.39. The molecule has 0 aliphatic heterocycles. The van der Waals surface area contributed by atoms with E-state index in [1.54, 1.807) is 55.6 Å². The maximum atomic E-state index is 12.7. The van der Waals surface area contributed by atoms with Gasteiger partial charge in [-0.05, 0) is 71.5 Å². The summed E-state index contributed by atoms with van der Waals surface area (Å²) in [6.07, 6.45) is 12.7. The van der Waals surface area contributed by atoms with E-state index >= 15 is 0 Å². The molecule has 2 aromatic rings. The summed E-state index contributed by atoms with van der Waals surface area (Å²) in [4.78, 5) is 82.5. The van der Waals surface area contributed by atoms with Crippen LogP contribution in [0.15, 0.2) is 58.8 Å². The molecule has 0 saturated heterocycles. The van der Waals surface area contributed by atoms with Crippen molar-refractivity contribution in [2.75, 3.05) is 50.9 Å². The number of nitrogens with zero attached hydrogens (tertiary/aromatic N) is 3. The highest BCUT2D eigenvalue weighted by Gasteiger charge is 2.15. The van der Waals surface area contributed by atoms with Crippen LogP contribution in [0.5, 0.6) is 0 Å². The Balaban J connectivity index is 1.52. The van der Waals surface area contributed by atoms with Crippen molar-refractivity contribution in [2.45, 2.75) is 99.9 Å². The third-order valence-corrected chi connectivity index (χ3v) is 12.5. The Morgan fingerprint density at radius 3 is 1.47 bits per heavy atom. The number of carbonyl (C=O) groups excluding carboxylic acids is 5. The number of pyridine rings is 2. The smallest absolute Gasteiger partial charge is 0.329 e. The number of carboxylic acids is 1. The highest BCUT2D eigenvalue weighted by molar-refractivity contribution is 8.77. The molecule has 3 N–H and O–H groups in total. The average molecular weight is 838 g/mol. The summed E-state index contributed by atoms with van der Waals surface area (Å²) in [6, 6.07) is 11.5. The standard InChI is InChI=1S/C38H55N5O8S4/c44-31(19-27-52-54-35-17-9-11-21-41-35)13-5-1-3-7-15-33(46)39-23-25-43(37(48)29-51-30-38(49)50)26-24-40-34(47)16-8-4-2-6-14-32(45)20-28-53-55-36-18-10-12-22-42-36/h9-12,17-18,21-22H,1-8,13-16,19-20,23-30H2,(H,39,46)(H,40,47)(H,49,50). The van der Waals surface area contributed by atoms with Crippen LogP contribution < -0.4 is 10.6 Å². The van der Waals surface area contributed by atoms with Gasteiger partial charge in [-0.1, -0.05) is 59.4 Å². The van der Waals surface area contributed by atoms with Crippen LogP contribution in [0, 0.1) is 0 Å². The van der Waals surface area contributed by atoms with E-state index in [1.807, 2.05) is 36.4 Å². The number of aliphatic carboxylic acids is 1. The van der Waals surface area contributed by atoms with Gasteiger partial charge in [-0.25, -0.2) is 14.8 Å². The van der Waals surface area contributed by atoms with Crippen molar-refractivity contribution < 1.29 is 38.6 Å². The number of ketones is 2. The molecule has 0 aliphatic rings. The Bertz CT molecular complexity index is 1320. The van der Waals surface area contributed by atoms with Gasteiger partial charge >= 0.3 is 5.97 Å². The second-order valence-electron chi connectivity index (χ2n) is 12.5. The molecular weight excluding hydrogens is 783 g/mol. The molecular formula is C38H55N5O8S4. The van der Waals surface area contributed by atoms with Gasteiger partial charge in [-0.3, -0.25) is 24.0 Å². The number of aromatic nitrogens is 2. The molecule has 0 fully saturated rings. The fraction of sp³-hybridized carbons (Fsp3) is 0.579. The lowest BCUT2D eigenvalue weighted by molar-refractivity contribution is -0.146. The van der Waals surface area contributed by atoms with Crippen LogP contribution in [0.4, 0.5) is 0 Å². The Labute approximate surface area is 340 Å². The summed E-state index contributed by atoms with van der Waals surface area (Å²) in [5, 5.41) is 16.3. The van der Waals surface area contributed by atoms with Gasteiger partial charge in [-0.15, -0.1) is 0 Å². The van der Waals surface area contributed by atoms with E-state index in [4.69, 9.17) is 9.84 Å². The van der Waals surface area contributed by atoms with Crippen LogP contribution in [0.1, 0.15) is 89.9 Å². The van der Waals surface area contributed by atoms with E-state index in [1.165, 1.54) is 4.90 Å². The number of carbonyl (C=O) groups is 6. The third kappa shape index (κ3) is 27.2. The summed E-state index contributed by atoms with van der Waals surface area (Å²) in [5.41, 5.74) is 0. The number of carboxylic acid groups (broad SMARTS) is 1. The maximum absolute atomic E-state index is 12.7. The fourth-order valence-corrected chi connectivity index (χ4v) is 8.82. The van der Waals surface area contributed by atoms with Crippen molar-refractivity contribution >= 4 is 78.4 Å². The first-order chi connectivity index (χ1) is 26.7. The third-order valence-electron chi connectivity index (χ3n) is 7.92. The quantitative estimate of drug-likeness (QED) is 0.0518. The minimum Gasteiger partial charge on any atom is -0.480 e. The van der Waals surface area contributed by atoms with E-state index in [2.05, 4.69) is 20.6 Å². The molecule has 55 heavy (non-hydrogen) atoms. The van der Waals surface area contributed by atoms with E-state index in [-0.39, 0.29) is 49.6 Å². The number of nitrogens with one attached hydrogen (secondary N) is 2. The molecule has 17 heteroatoms. The van der Waals surface area contributed by atoms with E-state index < -0.39 is 25.1 Å². The van der Waals surface area contributed by atoms with Gasteiger partial charge in [0.1, 0.15) is 34.8 Å². The van der Waals surface area contributed by atoms with Gasteiger partial charge in [-0.2, -0.15) is 0 Å². The molecule has 2 rings (SSSR count). The minimum absolute atomic E-state index is 0.139. The fourth-order valence-electron chi connectivity index (χ4n) is 5.00. The minimum atomic E-state index is -1.19. The zero-order valence-corrected chi connectivity index (χ0v) is 34.7. The van der Waals surface area contributed by atoms with Crippen molar-refractivity contribution in [2.24, 2.45) is 0 Å². The normalized spacial score (nSPS) is 10.8. The lowest BCUT2D eigenvalue weighted by atomic mass is 10.1. The topological polar surface area (TPSA) is 185 Å². The van der Waals surface area contributed by atoms with Gasteiger partial charge in [0, 0.05) is 88.6 Å². The Hall–Kier alpha value is -3.12. The molecule has 13 nitrogen and oxygen atoms in total. The van der Waals surface area contributed by atoms with Gasteiger partial charge in [0.2, 0.25) is 17.7 Å². The first-order valence-electron chi connectivity index (χ1n) is 18.8. The zero-order chi connectivity index (χ0) is 39.8. The van der Waals surface area contributed by atoms with Crippen LogP contribution in [-0.2, 0) is 33.5 Å². The summed E-state index contributed by atoms with van der Waals surface area (Å²) < 4.78 is 4.96. The molecule has 2 aromatic heterocycles. The largest absolute Gasteiger partial charge is 0.480 e. The number of hydrogen-bond donors (Lipinski definition) is 3. The van der Waals surface area contributed by atoms with Gasteiger partial charge in [0.05, 0.1) is 0 Å². The number of hydrogen-bond acceptors (Lipinski definition) is 13. The predicted octanol–water partition coefficient (Wildman–Crippen LogP) is 6.42. The molecule has 0 saturated carbocycles. The molecule has 0 spiro atoms. The lowest BCUT2D eigenvalue weighted by Gasteiger charge is -2.23. The lowest BCUT2D eigenvalue weighted by Crippen LogP contribution is -2.44. The van der Waals surface area contributed by atoms with Crippen molar-refractivity contribution in [3.8, 4) is 0 Å². The monoisotopic (exact) mass is 837 g/mol. The Kier molecular flexibility index (Phi) is 28.0. The van der Waals surface area contributed by atoms with E-state index in [0.29, 0.717) is 51.4 Å². The van der Waals surface area contributed by atoms with Crippen molar-refractivity contribution in [3.05, 3.63) is 48.8 Å². The number of amides is 3. The first-order valence-corrected chi connectivity index (χ1v) is 23.4. The number of Topliss-reactive ketones (excluding diaryl/α,β-unsaturated/α-hetero) is 2. The molecule has 0 aliphatic carbocycles. The maximum Gasteiger partial charge on any atom is 0.329 e. The Morgan fingerprint density at radius 1 is 0.600 bits per heavy atom. The second-order valence-corrected chi connectivity index (χ2v) is 17.4. The highest BCUT2D eigenvalue weighted by atomic mass is 33.1. The van der Waals surface area contributed by atoms with Crippen LogP contribution in [-0.4, -0.2) is 106 Å². The van der Waals surface area contributed by atoms with E-state index in [0.717, 1.165) is 60.1 Å². The van der Waals surface area contributed by atoms with Crippen LogP contribution in [0.3, 0.4) is 0 Å². The highest BCUT2D eigenvalue weighted by Crippen LogP contribution is 2.30. The molecule has 3 amide bonds. The Morgan fingerprint density at radius 2 is 1.05 bits per heavy atom. The molecule has 0 atom stereocenters.